The van der Waals surface area contributed by atoms with Gasteiger partial charge in [0, 0.05) is 19.2 Å². The topological polar surface area (TPSA) is 59.1 Å². The van der Waals surface area contributed by atoms with Crippen LogP contribution in [0.3, 0.4) is 0 Å². The molecule has 0 aromatic heterocycles. The number of benzene rings is 1. The van der Waals surface area contributed by atoms with Gasteiger partial charge in [-0.3, -0.25) is 9.69 Å². The summed E-state index contributed by atoms with van der Waals surface area (Å²) < 4.78 is 11.1. The third-order valence-corrected chi connectivity index (χ3v) is 3.83. The molecule has 0 bridgehead atoms. The highest BCUT2D eigenvalue weighted by Crippen LogP contribution is 2.30. The van der Waals surface area contributed by atoms with E-state index in [9.17, 15) is 9.59 Å². The summed E-state index contributed by atoms with van der Waals surface area (Å²) in [5.41, 5.74) is 0.00717. The second-order valence-electron chi connectivity index (χ2n) is 5.47. The fraction of sp³-hybridized carbons (Fsp3) is 0.467. The predicted molar refractivity (Wildman–Crippen MR) is 76.1 cm³/mol. The summed E-state index contributed by atoms with van der Waals surface area (Å²) in [7, 11) is 0. The van der Waals surface area contributed by atoms with Crippen molar-refractivity contribution in [3.05, 3.63) is 30.3 Å². The minimum atomic E-state index is -0.783. The molecular formula is C15H18N2O4. The van der Waals surface area contributed by atoms with Crippen LogP contribution in [0.1, 0.15) is 6.92 Å². The van der Waals surface area contributed by atoms with E-state index in [2.05, 4.69) is 0 Å². The van der Waals surface area contributed by atoms with Crippen molar-refractivity contribution < 1.29 is 19.1 Å². The van der Waals surface area contributed by atoms with Gasteiger partial charge < -0.3 is 14.4 Å². The lowest BCUT2D eigenvalue weighted by Crippen LogP contribution is -2.48. The number of nitrogens with zero attached hydrogens (tertiary/aromatic N) is 2. The zero-order chi connectivity index (χ0) is 14.9. The molecule has 1 atom stereocenters. The first-order valence-electron chi connectivity index (χ1n) is 6.98. The number of hydrogen-bond acceptors (Lipinski definition) is 4. The average molecular weight is 290 g/mol. The highest BCUT2D eigenvalue weighted by atomic mass is 16.6. The Hall–Kier alpha value is -2.08. The van der Waals surface area contributed by atoms with Crippen LogP contribution in [-0.4, -0.2) is 55.3 Å². The van der Waals surface area contributed by atoms with E-state index in [1.54, 1.807) is 9.80 Å². The fourth-order valence-electron chi connectivity index (χ4n) is 2.76. The van der Waals surface area contributed by atoms with Crippen molar-refractivity contribution in [1.82, 2.24) is 4.90 Å². The van der Waals surface area contributed by atoms with E-state index in [0.29, 0.717) is 32.8 Å². The summed E-state index contributed by atoms with van der Waals surface area (Å²) in [6.45, 7) is 3.58. The number of amides is 2. The maximum atomic E-state index is 12.2. The minimum absolute atomic E-state index is 0.0333. The number of rotatable bonds is 1. The van der Waals surface area contributed by atoms with Crippen LogP contribution in [0.15, 0.2) is 30.3 Å². The maximum absolute atomic E-state index is 12.2. The SMILES string of the molecule is CC(=O)N1CCOCC2(C1)CN(c1ccccc1)C(=O)O2. The van der Waals surface area contributed by atoms with E-state index in [0.717, 1.165) is 5.69 Å². The minimum Gasteiger partial charge on any atom is -0.436 e. The zero-order valence-electron chi connectivity index (χ0n) is 11.9. The van der Waals surface area contributed by atoms with Gasteiger partial charge in [-0.05, 0) is 12.1 Å². The van der Waals surface area contributed by atoms with Crippen molar-refractivity contribution in [3.8, 4) is 0 Å². The lowest BCUT2D eigenvalue weighted by molar-refractivity contribution is -0.130. The van der Waals surface area contributed by atoms with Crippen LogP contribution in [0.5, 0.6) is 0 Å². The summed E-state index contributed by atoms with van der Waals surface area (Å²) in [6.07, 6.45) is -0.393. The Morgan fingerprint density at radius 2 is 2.00 bits per heavy atom. The molecule has 112 valence electrons. The van der Waals surface area contributed by atoms with Crippen LogP contribution < -0.4 is 4.90 Å². The van der Waals surface area contributed by atoms with Crippen LogP contribution in [0.25, 0.3) is 0 Å². The molecule has 6 nitrogen and oxygen atoms in total. The van der Waals surface area contributed by atoms with Crippen molar-refractivity contribution in [2.75, 3.05) is 37.7 Å². The molecule has 2 fully saturated rings. The third-order valence-electron chi connectivity index (χ3n) is 3.83. The molecule has 1 aromatic carbocycles. The number of ether oxygens (including phenoxy) is 2. The molecule has 6 heteroatoms. The average Bonchev–Trinajstić information content (AvgIpc) is 2.66. The standard InChI is InChI=1S/C15H18N2O4/c1-12(18)16-7-8-20-11-15(9-16)10-17(14(19)21-15)13-5-3-2-4-6-13/h2-6H,7-11H2,1H3. The largest absolute Gasteiger partial charge is 0.436 e. The predicted octanol–water partition coefficient (Wildman–Crippen LogP) is 1.26. The van der Waals surface area contributed by atoms with E-state index in [4.69, 9.17) is 9.47 Å². The Balaban J connectivity index is 1.83. The number of anilines is 1. The van der Waals surface area contributed by atoms with Crippen molar-refractivity contribution >= 4 is 17.7 Å². The molecular weight excluding hydrogens is 272 g/mol. The second-order valence-corrected chi connectivity index (χ2v) is 5.47. The molecule has 2 aliphatic rings. The molecule has 0 aliphatic carbocycles. The normalized spacial score (nSPS) is 25.9. The lowest BCUT2D eigenvalue weighted by Gasteiger charge is -2.29. The molecule has 0 radical (unpaired) electrons. The van der Waals surface area contributed by atoms with Crippen LogP contribution in [-0.2, 0) is 14.3 Å². The summed E-state index contributed by atoms with van der Waals surface area (Å²) in [4.78, 5) is 27.1. The number of carbonyl (C=O) groups is 2. The number of para-hydroxylation sites is 1. The lowest BCUT2D eigenvalue weighted by atomic mass is 10.0. The van der Waals surface area contributed by atoms with E-state index >= 15 is 0 Å². The molecule has 3 rings (SSSR count). The summed E-state index contributed by atoms with van der Waals surface area (Å²) in [5.74, 6) is -0.0333. The summed E-state index contributed by atoms with van der Waals surface area (Å²) >= 11 is 0. The van der Waals surface area contributed by atoms with Crippen LogP contribution in [0, 0.1) is 0 Å². The molecule has 1 unspecified atom stereocenters. The molecule has 2 saturated heterocycles. The summed E-state index contributed by atoms with van der Waals surface area (Å²) in [5, 5.41) is 0. The van der Waals surface area contributed by atoms with Crippen LogP contribution in [0.4, 0.5) is 10.5 Å². The molecule has 2 heterocycles. The Bertz CT molecular complexity index is 548. The first kappa shape index (κ1) is 13.9. The first-order chi connectivity index (χ1) is 10.1. The maximum Gasteiger partial charge on any atom is 0.415 e. The molecule has 0 N–H and O–H groups in total. The van der Waals surface area contributed by atoms with Crippen LogP contribution >= 0.6 is 0 Å². The highest BCUT2D eigenvalue weighted by Gasteiger charge is 2.48. The van der Waals surface area contributed by atoms with Gasteiger partial charge in [-0.1, -0.05) is 18.2 Å². The number of hydrogen-bond donors (Lipinski definition) is 0. The van der Waals surface area contributed by atoms with Crippen molar-refractivity contribution in [2.45, 2.75) is 12.5 Å². The van der Waals surface area contributed by atoms with E-state index < -0.39 is 11.7 Å². The van der Waals surface area contributed by atoms with E-state index in [1.165, 1.54) is 6.92 Å². The molecule has 1 aromatic rings. The zero-order valence-corrected chi connectivity index (χ0v) is 11.9. The monoisotopic (exact) mass is 290 g/mol. The molecule has 0 saturated carbocycles. The Kier molecular flexibility index (Phi) is 3.55. The molecule has 2 amide bonds. The van der Waals surface area contributed by atoms with Gasteiger partial charge in [0.15, 0.2) is 5.60 Å². The Labute approximate surface area is 123 Å². The molecule has 1 spiro atoms. The highest BCUT2D eigenvalue weighted by molar-refractivity contribution is 5.90. The second kappa shape index (κ2) is 5.37. The van der Waals surface area contributed by atoms with E-state index in [-0.39, 0.29) is 5.91 Å². The van der Waals surface area contributed by atoms with Gasteiger partial charge in [0.05, 0.1) is 26.3 Å². The molecule has 2 aliphatic heterocycles. The first-order valence-corrected chi connectivity index (χ1v) is 6.98. The van der Waals surface area contributed by atoms with Crippen molar-refractivity contribution in [3.63, 3.8) is 0 Å². The van der Waals surface area contributed by atoms with Gasteiger partial charge in [-0.15, -0.1) is 0 Å². The van der Waals surface area contributed by atoms with Crippen molar-refractivity contribution in [1.29, 1.82) is 0 Å². The van der Waals surface area contributed by atoms with Crippen LogP contribution in [0.2, 0.25) is 0 Å². The van der Waals surface area contributed by atoms with Gasteiger partial charge in [0.2, 0.25) is 5.91 Å². The smallest absolute Gasteiger partial charge is 0.415 e. The fourth-order valence-corrected chi connectivity index (χ4v) is 2.76. The van der Waals surface area contributed by atoms with Gasteiger partial charge in [-0.25, -0.2) is 4.79 Å². The Morgan fingerprint density at radius 1 is 1.24 bits per heavy atom. The van der Waals surface area contributed by atoms with Gasteiger partial charge in [0.25, 0.3) is 0 Å². The Morgan fingerprint density at radius 3 is 2.71 bits per heavy atom. The molecule has 21 heavy (non-hydrogen) atoms. The summed E-state index contributed by atoms with van der Waals surface area (Å²) in [6, 6.07) is 9.37. The van der Waals surface area contributed by atoms with Gasteiger partial charge >= 0.3 is 6.09 Å². The van der Waals surface area contributed by atoms with Gasteiger partial charge in [-0.2, -0.15) is 0 Å². The third kappa shape index (κ3) is 2.71. The number of carbonyl (C=O) groups excluding carboxylic acids is 2. The van der Waals surface area contributed by atoms with Crippen molar-refractivity contribution in [2.24, 2.45) is 0 Å². The van der Waals surface area contributed by atoms with E-state index in [1.807, 2.05) is 30.3 Å². The van der Waals surface area contributed by atoms with Gasteiger partial charge in [0.1, 0.15) is 0 Å². The quantitative estimate of drug-likeness (QED) is 0.781.